The van der Waals surface area contributed by atoms with E-state index in [0.717, 1.165) is 63.7 Å². The molecule has 3 aliphatic rings. The molecule has 0 aliphatic heterocycles. The predicted molar refractivity (Wildman–Crippen MR) is 162 cm³/mol. The lowest BCUT2D eigenvalue weighted by atomic mass is 9.68. The molecule has 1 saturated carbocycles. The van der Waals surface area contributed by atoms with Crippen LogP contribution < -0.4 is 4.74 Å². The van der Waals surface area contributed by atoms with E-state index in [1.165, 1.54) is 39.8 Å². The Bertz CT molecular complexity index is 1270. The highest BCUT2D eigenvalue weighted by Crippen LogP contribution is 2.46. The number of aryl methyl sites for hydroxylation is 1. The molecule has 0 bridgehead atoms. The fourth-order valence-electron chi connectivity index (χ4n) is 6.92. The fourth-order valence-corrected chi connectivity index (χ4v) is 6.92. The van der Waals surface area contributed by atoms with E-state index in [2.05, 4.69) is 91.0 Å². The summed E-state index contributed by atoms with van der Waals surface area (Å²) < 4.78 is 6.13. The van der Waals surface area contributed by atoms with Gasteiger partial charge >= 0.3 is 0 Å². The summed E-state index contributed by atoms with van der Waals surface area (Å²) in [6.45, 7) is 0.730. The Morgan fingerprint density at radius 1 is 0.846 bits per heavy atom. The lowest BCUT2D eigenvalue weighted by molar-refractivity contribution is 0.174. The first-order valence-corrected chi connectivity index (χ1v) is 14.7. The van der Waals surface area contributed by atoms with Crippen LogP contribution in [0.3, 0.4) is 0 Å². The average molecular weight is 521 g/mol. The third-order valence-electron chi connectivity index (χ3n) is 8.92. The molecular formula is C37H44O2. The van der Waals surface area contributed by atoms with Gasteiger partial charge in [0, 0.05) is 5.92 Å². The van der Waals surface area contributed by atoms with E-state index in [9.17, 15) is 5.11 Å². The van der Waals surface area contributed by atoms with Crippen molar-refractivity contribution >= 4 is 0 Å². The zero-order chi connectivity index (χ0) is 25.7. The lowest BCUT2D eigenvalue weighted by Gasteiger charge is -2.36. The first-order valence-electron chi connectivity index (χ1n) is 14.7. The molecule has 1 fully saturated rings. The molecule has 3 unspecified atom stereocenters. The minimum Gasteiger partial charge on any atom is -0.494 e. The van der Waals surface area contributed by atoms with Gasteiger partial charge in [0.1, 0.15) is 5.75 Å². The van der Waals surface area contributed by atoms with E-state index in [0.29, 0.717) is 17.8 Å². The summed E-state index contributed by atoms with van der Waals surface area (Å²) in [5, 5.41) is 9.79. The third-order valence-corrected chi connectivity index (χ3v) is 8.92. The monoisotopic (exact) mass is 520 g/mol. The molecule has 3 aromatic carbocycles. The smallest absolute Gasteiger partial charge is 0.119 e. The van der Waals surface area contributed by atoms with Crippen LogP contribution >= 0.6 is 0 Å². The number of aliphatic hydroxyl groups excluding tert-OH is 1. The highest BCUT2D eigenvalue weighted by Gasteiger charge is 2.33. The molecule has 0 amide bonds. The number of allylic oxidation sites excluding steroid dienone is 4. The molecule has 2 heteroatoms. The van der Waals surface area contributed by atoms with Gasteiger partial charge in [-0.15, -0.1) is 0 Å². The van der Waals surface area contributed by atoms with Gasteiger partial charge in [-0.3, -0.25) is 0 Å². The zero-order valence-electron chi connectivity index (χ0n) is 22.4. The molecule has 0 heterocycles. The molecular weight excluding hydrogens is 476 g/mol. The number of ether oxygens (including phenoxy) is 1. The zero-order valence-corrected chi connectivity index (χ0v) is 22.4. The Labute approximate surface area is 235 Å². The van der Waals surface area contributed by atoms with Crippen molar-refractivity contribution in [2.75, 3.05) is 6.61 Å². The molecule has 0 aromatic heterocycles. The number of aliphatic hydroxyl groups is 1. The SMILES string of the molecule is C.OC1CCC(CCOc2ccc([C@@H]3c4ccc(Cc5ccccc5)cc4CCC3C3=CCCC=C3)cc2)C1. The second-order valence-electron chi connectivity index (χ2n) is 11.5. The maximum Gasteiger partial charge on any atom is 0.119 e. The largest absolute Gasteiger partial charge is 0.494 e. The highest BCUT2D eigenvalue weighted by atomic mass is 16.5. The summed E-state index contributed by atoms with van der Waals surface area (Å²) >= 11 is 0. The number of fused-ring (bicyclic) bond motifs is 1. The molecule has 3 aliphatic carbocycles. The average Bonchev–Trinajstić information content (AvgIpc) is 3.38. The summed E-state index contributed by atoms with van der Waals surface area (Å²) in [5.41, 5.74) is 8.68. The number of rotatable bonds is 8. The van der Waals surface area contributed by atoms with Crippen molar-refractivity contribution in [2.24, 2.45) is 11.8 Å². The standard InChI is InChI=1S/C36H40O2.CH4/c37-32-16-11-27(25-32)21-22-38-33-17-13-30(14-18-33)36-34(29-9-5-2-6-10-29)20-15-31-24-28(12-19-35(31)36)23-26-7-3-1-4-8-26;/h1,3-5,7-10,12-14,17-19,24,27,32,34,36-37H,2,6,11,15-16,20-23,25H2;1H4/t27?,32?,34?,36-;/m0./s1. The number of hydrogen-bond donors (Lipinski definition) is 1. The lowest BCUT2D eigenvalue weighted by Crippen LogP contribution is -2.23. The quantitative estimate of drug-likeness (QED) is 0.321. The van der Waals surface area contributed by atoms with E-state index >= 15 is 0 Å². The van der Waals surface area contributed by atoms with Gasteiger partial charge in [-0.25, -0.2) is 0 Å². The number of hydrogen-bond acceptors (Lipinski definition) is 2. The van der Waals surface area contributed by atoms with E-state index in [1.54, 1.807) is 0 Å². The molecule has 6 rings (SSSR count). The van der Waals surface area contributed by atoms with Gasteiger partial charge in [0.2, 0.25) is 0 Å². The van der Waals surface area contributed by atoms with Gasteiger partial charge in [-0.2, -0.15) is 0 Å². The van der Waals surface area contributed by atoms with E-state index < -0.39 is 0 Å². The Hall–Kier alpha value is -3.10. The summed E-state index contributed by atoms with van der Waals surface area (Å²) in [6, 6.07) is 27.0. The molecule has 0 radical (unpaired) electrons. The minimum absolute atomic E-state index is 0. The van der Waals surface area contributed by atoms with Crippen molar-refractivity contribution in [3.05, 3.63) is 124 Å². The minimum atomic E-state index is -0.103. The van der Waals surface area contributed by atoms with E-state index in [-0.39, 0.29) is 13.5 Å². The van der Waals surface area contributed by atoms with Crippen LogP contribution in [0, 0.1) is 11.8 Å². The molecule has 0 saturated heterocycles. The second-order valence-corrected chi connectivity index (χ2v) is 11.5. The molecule has 1 N–H and O–H groups in total. The van der Waals surface area contributed by atoms with E-state index in [4.69, 9.17) is 4.74 Å². The fraction of sp³-hybridized carbons (Fsp3) is 0.405. The summed E-state index contributed by atoms with van der Waals surface area (Å²) in [4.78, 5) is 0. The summed E-state index contributed by atoms with van der Waals surface area (Å²) in [7, 11) is 0. The maximum atomic E-state index is 9.79. The van der Waals surface area contributed by atoms with E-state index in [1.807, 2.05) is 0 Å². The first kappa shape index (κ1) is 27.5. The van der Waals surface area contributed by atoms with Gasteiger partial charge < -0.3 is 9.84 Å². The van der Waals surface area contributed by atoms with Crippen molar-refractivity contribution in [2.45, 2.75) is 77.2 Å². The van der Waals surface area contributed by atoms with Crippen LogP contribution in [-0.4, -0.2) is 17.8 Å². The van der Waals surface area contributed by atoms with Crippen molar-refractivity contribution in [1.29, 1.82) is 0 Å². The normalized spacial score (nSPS) is 24.0. The van der Waals surface area contributed by atoms with Crippen LogP contribution in [0.5, 0.6) is 5.75 Å². The van der Waals surface area contributed by atoms with Crippen LogP contribution in [0.25, 0.3) is 0 Å². The van der Waals surface area contributed by atoms with Gasteiger partial charge in [-0.05, 0) is 115 Å². The Morgan fingerprint density at radius 2 is 1.69 bits per heavy atom. The molecule has 3 aromatic rings. The van der Waals surface area contributed by atoms with Crippen molar-refractivity contribution in [1.82, 2.24) is 0 Å². The second kappa shape index (κ2) is 12.8. The van der Waals surface area contributed by atoms with Crippen LogP contribution in [0.2, 0.25) is 0 Å². The summed E-state index contributed by atoms with van der Waals surface area (Å²) in [5.74, 6) is 2.44. The Balaban J connectivity index is 0.00000308. The topological polar surface area (TPSA) is 29.5 Å². The summed E-state index contributed by atoms with van der Waals surface area (Å²) in [6.07, 6.45) is 16.8. The van der Waals surface area contributed by atoms with Gasteiger partial charge in [0.15, 0.2) is 0 Å². The van der Waals surface area contributed by atoms with Crippen LogP contribution in [0.15, 0.2) is 96.6 Å². The predicted octanol–water partition coefficient (Wildman–Crippen LogP) is 8.81. The Kier molecular flexibility index (Phi) is 9.04. The van der Waals surface area contributed by atoms with Gasteiger partial charge in [0.25, 0.3) is 0 Å². The molecule has 4 atom stereocenters. The maximum absolute atomic E-state index is 9.79. The number of benzene rings is 3. The highest BCUT2D eigenvalue weighted by molar-refractivity contribution is 5.48. The Morgan fingerprint density at radius 3 is 2.44 bits per heavy atom. The third kappa shape index (κ3) is 6.56. The van der Waals surface area contributed by atoms with Crippen LogP contribution in [0.1, 0.15) is 86.1 Å². The van der Waals surface area contributed by atoms with Crippen molar-refractivity contribution < 1.29 is 9.84 Å². The van der Waals surface area contributed by atoms with Crippen LogP contribution in [-0.2, 0) is 12.8 Å². The van der Waals surface area contributed by atoms with Gasteiger partial charge in [-0.1, -0.05) is 86.3 Å². The van der Waals surface area contributed by atoms with Gasteiger partial charge in [0.05, 0.1) is 12.7 Å². The van der Waals surface area contributed by atoms with Crippen molar-refractivity contribution in [3.8, 4) is 5.75 Å². The molecule has 39 heavy (non-hydrogen) atoms. The van der Waals surface area contributed by atoms with Crippen molar-refractivity contribution in [3.63, 3.8) is 0 Å². The molecule has 204 valence electrons. The first-order chi connectivity index (χ1) is 18.7. The van der Waals surface area contributed by atoms with Crippen LogP contribution in [0.4, 0.5) is 0 Å². The molecule has 0 spiro atoms. The molecule has 2 nitrogen and oxygen atoms in total.